The van der Waals surface area contributed by atoms with Crippen LogP contribution in [-0.4, -0.2) is 44.2 Å². The molecule has 1 aliphatic rings. The molecular weight excluding hydrogens is 364 g/mol. The number of carbonyl (C=O) groups excluding carboxylic acids is 1. The van der Waals surface area contributed by atoms with Gasteiger partial charge in [0.25, 0.3) is 5.91 Å². The fourth-order valence-electron chi connectivity index (χ4n) is 3.38. The SMILES string of the molecule is COc1ccccc1OCC(=O)NC[C@@H](c1ccccc1Cl)N1CCCC1. The van der Waals surface area contributed by atoms with Crippen LogP contribution in [0.2, 0.25) is 5.02 Å². The van der Waals surface area contributed by atoms with E-state index in [0.29, 0.717) is 18.0 Å². The molecule has 1 fully saturated rings. The average molecular weight is 389 g/mol. The second-order valence-electron chi connectivity index (χ2n) is 6.52. The van der Waals surface area contributed by atoms with Crippen LogP contribution < -0.4 is 14.8 Å². The summed E-state index contributed by atoms with van der Waals surface area (Å²) in [4.78, 5) is 14.7. The maximum atomic E-state index is 12.3. The van der Waals surface area contributed by atoms with Gasteiger partial charge in [0.15, 0.2) is 18.1 Å². The Kier molecular flexibility index (Phi) is 6.96. The van der Waals surface area contributed by atoms with E-state index in [2.05, 4.69) is 10.2 Å². The molecule has 0 aromatic heterocycles. The number of nitrogens with zero attached hydrogens (tertiary/aromatic N) is 1. The van der Waals surface area contributed by atoms with E-state index in [1.807, 2.05) is 36.4 Å². The van der Waals surface area contributed by atoms with Crippen molar-refractivity contribution in [1.29, 1.82) is 0 Å². The van der Waals surface area contributed by atoms with E-state index in [1.54, 1.807) is 19.2 Å². The molecule has 1 heterocycles. The van der Waals surface area contributed by atoms with Gasteiger partial charge in [0.1, 0.15) is 0 Å². The number of halogens is 1. The van der Waals surface area contributed by atoms with Crippen molar-refractivity contribution in [1.82, 2.24) is 10.2 Å². The third-order valence-electron chi connectivity index (χ3n) is 4.77. The molecule has 1 atom stereocenters. The normalized spacial score (nSPS) is 15.3. The van der Waals surface area contributed by atoms with Crippen LogP contribution in [0.4, 0.5) is 0 Å². The lowest BCUT2D eigenvalue weighted by Gasteiger charge is -2.29. The van der Waals surface area contributed by atoms with Crippen molar-refractivity contribution in [2.75, 3.05) is 33.4 Å². The lowest BCUT2D eigenvalue weighted by molar-refractivity contribution is -0.123. The zero-order valence-electron chi connectivity index (χ0n) is 15.5. The highest BCUT2D eigenvalue weighted by molar-refractivity contribution is 6.31. The number of para-hydroxylation sites is 2. The van der Waals surface area contributed by atoms with Crippen molar-refractivity contribution in [3.8, 4) is 11.5 Å². The molecule has 1 aliphatic heterocycles. The Labute approximate surface area is 165 Å². The van der Waals surface area contributed by atoms with E-state index in [4.69, 9.17) is 21.1 Å². The highest BCUT2D eigenvalue weighted by atomic mass is 35.5. The Morgan fingerprint density at radius 1 is 1.11 bits per heavy atom. The molecule has 27 heavy (non-hydrogen) atoms. The zero-order chi connectivity index (χ0) is 19.1. The van der Waals surface area contributed by atoms with Gasteiger partial charge in [0.2, 0.25) is 0 Å². The second-order valence-corrected chi connectivity index (χ2v) is 6.93. The van der Waals surface area contributed by atoms with Crippen molar-refractivity contribution in [2.24, 2.45) is 0 Å². The third-order valence-corrected chi connectivity index (χ3v) is 5.11. The summed E-state index contributed by atoms with van der Waals surface area (Å²) in [6.45, 7) is 2.47. The van der Waals surface area contributed by atoms with Crippen molar-refractivity contribution in [3.63, 3.8) is 0 Å². The van der Waals surface area contributed by atoms with Crippen LogP contribution in [0.15, 0.2) is 48.5 Å². The molecule has 1 saturated heterocycles. The zero-order valence-corrected chi connectivity index (χ0v) is 16.2. The maximum Gasteiger partial charge on any atom is 0.258 e. The van der Waals surface area contributed by atoms with Gasteiger partial charge in [0, 0.05) is 11.6 Å². The number of likely N-dealkylation sites (tertiary alicyclic amines) is 1. The molecule has 3 rings (SSSR count). The molecule has 0 saturated carbocycles. The summed E-state index contributed by atoms with van der Waals surface area (Å²) in [5.74, 6) is 0.991. The van der Waals surface area contributed by atoms with Crippen LogP contribution in [0, 0.1) is 0 Å². The van der Waals surface area contributed by atoms with Gasteiger partial charge in [-0.25, -0.2) is 0 Å². The molecule has 0 unspecified atom stereocenters. The molecule has 0 spiro atoms. The fourth-order valence-corrected chi connectivity index (χ4v) is 3.64. The van der Waals surface area contributed by atoms with Gasteiger partial charge < -0.3 is 14.8 Å². The summed E-state index contributed by atoms with van der Waals surface area (Å²) in [6, 6.07) is 15.2. The van der Waals surface area contributed by atoms with Gasteiger partial charge in [-0.15, -0.1) is 0 Å². The van der Waals surface area contributed by atoms with Crippen LogP contribution in [0.5, 0.6) is 11.5 Å². The standard InChI is InChI=1S/C21H25ClN2O3/c1-26-19-10-4-5-11-20(19)27-15-21(25)23-14-18(24-12-6-7-13-24)16-8-2-3-9-17(16)22/h2-5,8-11,18H,6-7,12-15H2,1H3,(H,23,25)/t18-/m0/s1. The molecule has 1 N–H and O–H groups in total. The van der Waals surface area contributed by atoms with E-state index in [-0.39, 0.29) is 18.6 Å². The summed E-state index contributed by atoms with van der Waals surface area (Å²) >= 11 is 6.41. The van der Waals surface area contributed by atoms with Crippen LogP contribution >= 0.6 is 11.6 Å². The first-order valence-corrected chi connectivity index (χ1v) is 9.58. The summed E-state index contributed by atoms with van der Waals surface area (Å²) in [5.41, 5.74) is 1.05. The molecule has 6 heteroatoms. The number of amides is 1. The highest BCUT2D eigenvalue weighted by Crippen LogP contribution is 2.30. The lowest BCUT2D eigenvalue weighted by atomic mass is 10.1. The molecular formula is C21H25ClN2O3. The van der Waals surface area contributed by atoms with Gasteiger partial charge in [-0.05, 0) is 49.7 Å². The molecule has 2 aromatic carbocycles. The fraction of sp³-hybridized carbons (Fsp3) is 0.381. The number of hydrogen-bond donors (Lipinski definition) is 1. The maximum absolute atomic E-state index is 12.3. The van der Waals surface area contributed by atoms with Crippen molar-refractivity contribution >= 4 is 17.5 Å². The predicted molar refractivity (Wildman–Crippen MR) is 106 cm³/mol. The molecule has 0 aliphatic carbocycles. The molecule has 0 radical (unpaired) electrons. The minimum atomic E-state index is -0.169. The van der Waals surface area contributed by atoms with E-state index >= 15 is 0 Å². The molecule has 5 nitrogen and oxygen atoms in total. The molecule has 1 amide bonds. The Morgan fingerprint density at radius 3 is 2.48 bits per heavy atom. The predicted octanol–water partition coefficient (Wildman–Crippen LogP) is 3.68. The molecule has 0 bridgehead atoms. The topological polar surface area (TPSA) is 50.8 Å². The van der Waals surface area contributed by atoms with E-state index in [1.165, 1.54) is 12.8 Å². The average Bonchev–Trinajstić information content (AvgIpc) is 3.22. The van der Waals surface area contributed by atoms with Crippen LogP contribution in [0.1, 0.15) is 24.4 Å². The van der Waals surface area contributed by atoms with Gasteiger partial charge in [-0.3, -0.25) is 9.69 Å². The van der Waals surface area contributed by atoms with Crippen LogP contribution in [-0.2, 0) is 4.79 Å². The summed E-state index contributed by atoms with van der Waals surface area (Å²) in [7, 11) is 1.58. The number of methoxy groups -OCH3 is 1. The number of benzene rings is 2. The molecule has 2 aromatic rings. The van der Waals surface area contributed by atoms with Gasteiger partial charge >= 0.3 is 0 Å². The second kappa shape index (κ2) is 9.62. The van der Waals surface area contributed by atoms with Gasteiger partial charge in [-0.1, -0.05) is 41.9 Å². The first-order chi connectivity index (χ1) is 13.2. The van der Waals surface area contributed by atoms with E-state index in [0.717, 1.165) is 23.7 Å². The lowest BCUT2D eigenvalue weighted by Crippen LogP contribution is -2.38. The van der Waals surface area contributed by atoms with Crippen LogP contribution in [0.25, 0.3) is 0 Å². The number of ether oxygens (including phenoxy) is 2. The monoisotopic (exact) mass is 388 g/mol. The Morgan fingerprint density at radius 2 is 1.78 bits per heavy atom. The number of carbonyl (C=O) groups is 1. The van der Waals surface area contributed by atoms with Crippen molar-refractivity contribution in [2.45, 2.75) is 18.9 Å². The summed E-state index contributed by atoms with van der Waals surface area (Å²) in [5, 5.41) is 3.72. The quantitative estimate of drug-likeness (QED) is 0.749. The number of nitrogens with one attached hydrogen (secondary N) is 1. The Bertz CT molecular complexity index is 763. The first-order valence-electron chi connectivity index (χ1n) is 9.20. The van der Waals surface area contributed by atoms with E-state index in [9.17, 15) is 4.79 Å². The van der Waals surface area contributed by atoms with Gasteiger partial charge in [0.05, 0.1) is 13.2 Å². The van der Waals surface area contributed by atoms with Gasteiger partial charge in [-0.2, -0.15) is 0 Å². The largest absolute Gasteiger partial charge is 0.493 e. The van der Waals surface area contributed by atoms with Crippen molar-refractivity contribution < 1.29 is 14.3 Å². The summed E-state index contributed by atoms with van der Waals surface area (Å²) < 4.78 is 10.8. The van der Waals surface area contributed by atoms with Crippen molar-refractivity contribution in [3.05, 3.63) is 59.1 Å². The van der Waals surface area contributed by atoms with Crippen LogP contribution in [0.3, 0.4) is 0 Å². The number of rotatable bonds is 8. The third kappa shape index (κ3) is 5.15. The summed E-state index contributed by atoms with van der Waals surface area (Å²) in [6.07, 6.45) is 2.34. The Hall–Kier alpha value is -2.24. The smallest absolute Gasteiger partial charge is 0.258 e. The minimum Gasteiger partial charge on any atom is -0.493 e. The Balaban J connectivity index is 1.60. The highest BCUT2D eigenvalue weighted by Gasteiger charge is 2.25. The minimum absolute atomic E-state index is 0.0599. The van der Waals surface area contributed by atoms with E-state index < -0.39 is 0 Å². The number of hydrogen-bond acceptors (Lipinski definition) is 4. The molecule has 144 valence electrons. The first kappa shape index (κ1) is 19.5.